The summed E-state index contributed by atoms with van der Waals surface area (Å²) < 4.78 is 9.32. The fourth-order valence-corrected chi connectivity index (χ4v) is 3.39. The third-order valence-corrected chi connectivity index (χ3v) is 4.91. The SMILES string of the molecule is CCOCCC1(Cn2nnnc2N(C)Cc2cnn(C)c2)CCC1. The third-order valence-electron chi connectivity index (χ3n) is 4.91. The highest BCUT2D eigenvalue weighted by molar-refractivity contribution is 5.28. The number of nitrogens with zero attached hydrogens (tertiary/aromatic N) is 7. The second-order valence-corrected chi connectivity index (χ2v) is 6.82. The number of hydrogen-bond donors (Lipinski definition) is 0. The van der Waals surface area contributed by atoms with Gasteiger partial charge in [0.15, 0.2) is 0 Å². The number of ether oxygens (including phenoxy) is 1. The molecule has 2 aromatic rings. The van der Waals surface area contributed by atoms with Crippen molar-refractivity contribution in [3.63, 3.8) is 0 Å². The molecule has 1 aliphatic rings. The van der Waals surface area contributed by atoms with Crippen molar-refractivity contribution in [2.45, 2.75) is 45.7 Å². The van der Waals surface area contributed by atoms with Gasteiger partial charge in [0.05, 0.1) is 12.7 Å². The molecule has 0 unspecified atom stereocenters. The van der Waals surface area contributed by atoms with Gasteiger partial charge in [-0.25, -0.2) is 4.68 Å². The minimum atomic E-state index is 0.286. The van der Waals surface area contributed by atoms with Gasteiger partial charge < -0.3 is 9.64 Å². The number of anilines is 1. The molecule has 0 amide bonds. The summed E-state index contributed by atoms with van der Waals surface area (Å²) in [6.45, 7) is 5.24. The molecule has 0 aliphatic heterocycles. The molecule has 8 nitrogen and oxygen atoms in total. The largest absolute Gasteiger partial charge is 0.382 e. The first kappa shape index (κ1) is 16.9. The van der Waals surface area contributed by atoms with E-state index in [0.717, 1.165) is 44.2 Å². The molecule has 24 heavy (non-hydrogen) atoms. The van der Waals surface area contributed by atoms with Crippen LogP contribution in [0.4, 0.5) is 5.95 Å². The number of hydrogen-bond acceptors (Lipinski definition) is 6. The van der Waals surface area contributed by atoms with Gasteiger partial charge >= 0.3 is 0 Å². The summed E-state index contributed by atoms with van der Waals surface area (Å²) >= 11 is 0. The summed E-state index contributed by atoms with van der Waals surface area (Å²) in [7, 11) is 3.94. The van der Waals surface area contributed by atoms with Crippen LogP contribution in [-0.4, -0.2) is 50.2 Å². The maximum atomic E-state index is 5.56. The molecule has 0 aromatic carbocycles. The zero-order chi connectivity index (χ0) is 17.0. The average molecular weight is 333 g/mol. The molecular formula is C16H27N7O. The minimum Gasteiger partial charge on any atom is -0.382 e. The molecule has 0 N–H and O–H groups in total. The molecule has 1 saturated carbocycles. The molecule has 8 heteroatoms. The van der Waals surface area contributed by atoms with Crippen LogP contribution in [0.5, 0.6) is 0 Å². The molecular weight excluding hydrogens is 306 g/mol. The Bertz CT molecular complexity index is 646. The second kappa shape index (κ2) is 7.29. The van der Waals surface area contributed by atoms with Crippen LogP contribution >= 0.6 is 0 Å². The smallest absolute Gasteiger partial charge is 0.245 e. The number of aromatic nitrogens is 6. The number of tetrazole rings is 1. The molecule has 0 bridgehead atoms. The topological polar surface area (TPSA) is 73.9 Å². The predicted molar refractivity (Wildman–Crippen MR) is 90.5 cm³/mol. The van der Waals surface area contributed by atoms with Crippen molar-refractivity contribution in [3.05, 3.63) is 18.0 Å². The van der Waals surface area contributed by atoms with Gasteiger partial charge in [0.25, 0.3) is 0 Å². The first-order valence-electron chi connectivity index (χ1n) is 8.64. The number of rotatable bonds is 9. The molecule has 2 heterocycles. The molecule has 1 fully saturated rings. The molecule has 0 radical (unpaired) electrons. The summed E-state index contributed by atoms with van der Waals surface area (Å²) in [5.74, 6) is 0.807. The fraction of sp³-hybridized carbons (Fsp3) is 0.750. The monoisotopic (exact) mass is 333 g/mol. The molecule has 1 aliphatic carbocycles. The Hall–Kier alpha value is -1.96. The van der Waals surface area contributed by atoms with Crippen LogP contribution in [0.3, 0.4) is 0 Å². The van der Waals surface area contributed by atoms with Crippen molar-refractivity contribution in [1.29, 1.82) is 0 Å². The van der Waals surface area contributed by atoms with E-state index in [1.54, 1.807) is 0 Å². The predicted octanol–water partition coefficient (Wildman–Crippen LogP) is 1.64. The summed E-state index contributed by atoms with van der Waals surface area (Å²) in [4.78, 5) is 2.08. The Morgan fingerprint density at radius 1 is 1.38 bits per heavy atom. The maximum absolute atomic E-state index is 5.56. The van der Waals surface area contributed by atoms with Crippen LogP contribution in [-0.2, 0) is 24.9 Å². The summed E-state index contributed by atoms with van der Waals surface area (Å²) in [5, 5.41) is 16.6. The van der Waals surface area contributed by atoms with Crippen molar-refractivity contribution in [2.24, 2.45) is 12.5 Å². The van der Waals surface area contributed by atoms with Gasteiger partial charge in [-0.1, -0.05) is 11.5 Å². The standard InChI is InChI=1S/C16H27N7O/c1-4-24-9-8-16(6-5-7-16)13-23-15(18-19-20-23)21(2)11-14-10-17-22(3)12-14/h10,12H,4-9,11,13H2,1-3H3. The van der Waals surface area contributed by atoms with E-state index < -0.39 is 0 Å². The Kier molecular flexibility index (Phi) is 5.13. The first-order valence-corrected chi connectivity index (χ1v) is 8.64. The van der Waals surface area contributed by atoms with E-state index in [1.165, 1.54) is 19.3 Å². The Morgan fingerprint density at radius 2 is 2.21 bits per heavy atom. The molecule has 0 saturated heterocycles. The van der Waals surface area contributed by atoms with Crippen molar-refractivity contribution in [2.75, 3.05) is 25.2 Å². The highest BCUT2D eigenvalue weighted by atomic mass is 16.5. The van der Waals surface area contributed by atoms with E-state index in [2.05, 4.69) is 25.5 Å². The van der Waals surface area contributed by atoms with E-state index in [9.17, 15) is 0 Å². The van der Waals surface area contributed by atoms with Crippen LogP contribution in [0.15, 0.2) is 12.4 Å². The zero-order valence-electron chi connectivity index (χ0n) is 14.9. The van der Waals surface area contributed by atoms with Crippen molar-refractivity contribution >= 4 is 5.95 Å². The van der Waals surface area contributed by atoms with Crippen LogP contribution in [0, 0.1) is 5.41 Å². The zero-order valence-corrected chi connectivity index (χ0v) is 14.9. The highest BCUT2D eigenvalue weighted by Crippen LogP contribution is 2.45. The van der Waals surface area contributed by atoms with E-state index in [4.69, 9.17) is 4.74 Å². The van der Waals surface area contributed by atoms with Crippen molar-refractivity contribution in [1.82, 2.24) is 30.0 Å². The van der Waals surface area contributed by atoms with Gasteiger partial charge in [-0.2, -0.15) is 5.10 Å². The Morgan fingerprint density at radius 3 is 2.83 bits per heavy atom. The highest BCUT2D eigenvalue weighted by Gasteiger charge is 2.38. The average Bonchev–Trinajstić information content (AvgIpc) is 3.13. The fourth-order valence-electron chi connectivity index (χ4n) is 3.39. The Balaban J connectivity index is 1.65. The van der Waals surface area contributed by atoms with Gasteiger partial charge in [-0.3, -0.25) is 4.68 Å². The maximum Gasteiger partial charge on any atom is 0.245 e. The molecule has 0 atom stereocenters. The molecule has 132 valence electrons. The molecule has 3 rings (SSSR count). The lowest BCUT2D eigenvalue weighted by atomic mass is 9.67. The van der Waals surface area contributed by atoms with E-state index in [1.807, 2.05) is 42.8 Å². The van der Waals surface area contributed by atoms with Crippen LogP contribution in [0.1, 0.15) is 38.2 Å². The van der Waals surface area contributed by atoms with Crippen molar-refractivity contribution in [3.8, 4) is 0 Å². The second-order valence-electron chi connectivity index (χ2n) is 6.82. The first-order chi connectivity index (χ1) is 11.6. The van der Waals surface area contributed by atoms with Gasteiger partial charge in [0.1, 0.15) is 0 Å². The van der Waals surface area contributed by atoms with E-state index >= 15 is 0 Å². The van der Waals surface area contributed by atoms with Crippen LogP contribution in [0.2, 0.25) is 0 Å². The van der Waals surface area contributed by atoms with Gasteiger partial charge in [0.2, 0.25) is 5.95 Å². The lowest BCUT2D eigenvalue weighted by molar-refractivity contribution is 0.0374. The van der Waals surface area contributed by atoms with Crippen LogP contribution < -0.4 is 4.90 Å². The lowest BCUT2D eigenvalue weighted by Gasteiger charge is -2.42. The minimum absolute atomic E-state index is 0.286. The van der Waals surface area contributed by atoms with Crippen LogP contribution in [0.25, 0.3) is 0 Å². The molecule has 2 aromatic heterocycles. The Labute approximate surface area is 142 Å². The summed E-state index contributed by atoms with van der Waals surface area (Å²) in [6.07, 6.45) is 8.71. The quantitative estimate of drug-likeness (QED) is 0.650. The van der Waals surface area contributed by atoms with Gasteiger partial charge in [-0.05, 0) is 42.0 Å². The lowest BCUT2D eigenvalue weighted by Crippen LogP contribution is -2.37. The van der Waals surface area contributed by atoms with Crippen molar-refractivity contribution < 1.29 is 4.74 Å². The molecule has 0 spiro atoms. The summed E-state index contributed by atoms with van der Waals surface area (Å²) in [6, 6.07) is 0. The van der Waals surface area contributed by atoms with E-state index in [-0.39, 0.29) is 5.41 Å². The summed E-state index contributed by atoms with van der Waals surface area (Å²) in [5.41, 5.74) is 1.43. The van der Waals surface area contributed by atoms with Gasteiger partial charge in [-0.15, -0.1) is 0 Å². The number of aryl methyl sites for hydroxylation is 1. The van der Waals surface area contributed by atoms with Gasteiger partial charge in [0, 0.05) is 45.6 Å². The normalized spacial score (nSPS) is 16.1. The third kappa shape index (κ3) is 3.75. The van der Waals surface area contributed by atoms with E-state index in [0.29, 0.717) is 0 Å².